The van der Waals surface area contributed by atoms with Crippen molar-refractivity contribution in [2.45, 2.75) is 38.5 Å². The number of carbonyl (C=O) groups is 1. The minimum atomic E-state index is -4.34. The van der Waals surface area contributed by atoms with Gasteiger partial charge in [-0.2, -0.15) is 13.2 Å². The first-order chi connectivity index (χ1) is 8.75. The Morgan fingerprint density at radius 3 is 2.21 bits per heavy atom. The molecule has 1 aromatic carbocycles. The molecule has 0 bridgehead atoms. The highest BCUT2D eigenvalue weighted by atomic mass is 19.4. The van der Waals surface area contributed by atoms with E-state index in [2.05, 4.69) is 5.32 Å². The minimum Gasteiger partial charge on any atom is -0.368 e. The normalized spacial score (nSPS) is 15.0. The van der Waals surface area contributed by atoms with Gasteiger partial charge in [-0.25, -0.2) is 0 Å². The average Bonchev–Trinajstić information content (AvgIpc) is 2.34. The van der Waals surface area contributed by atoms with Crippen LogP contribution in [0.15, 0.2) is 24.3 Å². The van der Waals surface area contributed by atoms with Crippen molar-refractivity contribution >= 4 is 5.91 Å². The van der Waals surface area contributed by atoms with Gasteiger partial charge in [-0.05, 0) is 31.0 Å². The standard InChI is InChI=1S/C13H17F3N2O/c1-3-11(12(17)19)18-8(2)9-4-6-10(7-5-9)13(14,15)16/h4-8,11,18H,3H2,1-2H3,(H2,17,19)/t8-,11+/m1/s1. The van der Waals surface area contributed by atoms with Crippen LogP contribution in [0.2, 0.25) is 0 Å². The van der Waals surface area contributed by atoms with Gasteiger partial charge in [0.05, 0.1) is 11.6 Å². The van der Waals surface area contributed by atoms with Crippen molar-refractivity contribution in [1.82, 2.24) is 5.32 Å². The molecule has 0 spiro atoms. The van der Waals surface area contributed by atoms with Crippen molar-refractivity contribution in [2.24, 2.45) is 5.73 Å². The van der Waals surface area contributed by atoms with E-state index in [1.807, 2.05) is 6.92 Å². The highest BCUT2D eigenvalue weighted by Crippen LogP contribution is 2.29. The zero-order chi connectivity index (χ0) is 14.6. The van der Waals surface area contributed by atoms with Crippen LogP contribution in [0.3, 0.4) is 0 Å². The number of primary amides is 1. The van der Waals surface area contributed by atoms with Crippen LogP contribution < -0.4 is 11.1 Å². The van der Waals surface area contributed by atoms with Gasteiger partial charge in [0.1, 0.15) is 0 Å². The van der Waals surface area contributed by atoms with E-state index in [1.54, 1.807) is 6.92 Å². The third kappa shape index (κ3) is 4.24. The van der Waals surface area contributed by atoms with E-state index in [9.17, 15) is 18.0 Å². The summed E-state index contributed by atoms with van der Waals surface area (Å²) in [5, 5.41) is 2.98. The van der Waals surface area contributed by atoms with Gasteiger partial charge in [0.25, 0.3) is 0 Å². The Bertz CT molecular complexity index is 429. The van der Waals surface area contributed by atoms with Crippen LogP contribution in [-0.4, -0.2) is 11.9 Å². The second-order valence-electron chi connectivity index (χ2n) is 4.37. The lowest BCUT2D eigenvalue weighted by molar-refractivity contribution is -0.137. The Balaban J connectivity index is 2.78. The molecule has 0 radical (unpaired) electrons. The number of nitrogens with two attached hydrogens (primary N) is 1. The summed E-state index contributed by atoms with van der Waals surface area (Å²) < 4.78 is 37.2. The van der Waals surface area contributed by atoms with Gasteiger partial charge in [-0.3, -0.25) is 10.1 Å². The molecule has 0 aromatic heterocycles. The molecular formula is C13H17F3N2O. The Hall–Kier alpha value is -1.56. The molecule has 3 nitrogen and oxygen atoms in total. The van der Waals surface area contributed by atoms with E-state index in [0.29, 0.717) is 12.0 Å². The van der Waals surface area contributed by atoms with Crippen LogP contribution in [0.1, 0.15) is 37.4 Å². The molecular weight excluding hydrogens is 257 g/mol. The van der Waals surface area contributed by atoms with Crippen LogP contribution in [0.25, 0.3) is 0 Å². The summed E-state index contributed by atoms with van der Waals surface area (Å²) in [7, 11) is 0. The molecule has 0 unspecified atom stereocenters. The quantitative estimate of drug-likeness (QED) is 0.867. The fourth-order valence-corrected chi connectivity index (χ4v) is 1.76. The van der Waals surface area contributed by atoms with E-state index in [4.69, 9.17) is 5.73 Å². The number of benzene rings is 1. The Labute approximate surface area is 110 Å². The van der Waals surface area contributed by atoms with Crippen LogP contribution in [0.4, 0.5) is 13.2 Å². The Kier molecular flexibility index (Phi) is 4.94. The van der Waals surface area contributed by atoms with Crippen molar-refractivity contribution < 1.29 is 18.0 Å². The molecule has 3 N–H and O–H groups in total. The number of nitrogens with one attached hydrogen (secondary N) is 1. The highest BCUT2D eigenvalue weighted by molar-refractivity contribution is 5.79. The summed E-state index contributed by atoms with van der Waals surface area (Å²) in [6.07, 6.45) is -3.81. The maximum atomic E-state index is 12.4. The van der Waals surface area contributed by atoms with Gasteiger partial charge in [-0.1, -0.05) is 19.1 Å². The molecule has 1 rings (SSSR count). The number of hydrogen-bond donors (Lipinski definition) is 2. The maximum absolute atomic E-state index is 12.4. The SMILES string of the molecule is CC[C@H](N[C@H](C)c1ccc(C(F)(F)F)cc1)C(N)=O. The van der Waals surface area contributed by atoms with Crippen molar-refractivity contribution in [3.63, 3.8) is 0 Å². The van der Waals surface area contributed by atoms with Crippen LogP contribution in [0.5, 0.6) is 0 Å². The molecule has 0 saturated carbocycles. The Morgan fingerprint density at radius 1 is 1.32 bits per heavy atom. The van der Waals surface area contributed by atoms with E-state index in [0.717, 1.165) is 12.1 Å². The summed E-state index contributed by atoms with van der Waals surface area (Å²) in [6, 6.07) is 4.11. The van der Waals surface area contributed by atoms with E-state index in [-0.39, 0.29) is 6.04 Å². The van der Waals surface area contributed by atoms with Gasteiger partial charge >= 0.3 is 6.18 Å². The molecule has 19 heavy (non-hydrogen) atoms. The molecule has 2 atom stereocenters. The van der Waals surface area contributed by atoms with E-state index < -0.39 is 23.7 Å². The monoisotopic (exact) mass is 274 g/mol. The van der Waals surface area contributed by atoms with E-state index >= 15 is 0 Å². The average molecular weight is 274 g/mol. The van der Waals surface area contributed by atoms with Crippen molar-refractivity contribution in [2.75, 3.05) is 0 Å². The molecule has 0 aliphatic carbocycles. The first-order valence-corrected chi connectivity index (χ1v) is 5.98. The molecule has 106 valence electrons. The largest absolute Gasteiger partial charge is 0.416 e. The third-order valence-electron chi connectivity index (χ3n) is 2.94. The minimum absolute atomic E-state index is 0.250. The first-order valence-electron chi connectivity index (χ1n) is 5.98. The summed E-state index contributed by atoms with van der Waals surface area (Å²) in [5.41, 5.74) is 5.19. The predicted octanol–water partition coefficient (Wildman–Crippen LogP) is 2.62. The Morgan fingerprint density at radius 2 is 1.84 bits per heavy atom. The van der Waals surface area contributed by atoms with Crippen molar-refractivity contribution in [3.05, 3.63) is 35.4 Å². The van der Waals surface area contributed by atoms with Crippen molar-refractivity contribution in [1.29, 1.82) is 0 Å². The van der Waals surface area contributed by atoms with Gasteiger partial charge in [0, 0.05) is 6.04 Å². The summed E-state index contributed by atoms with van der Waals surface area (Å²) in [4.78, 5) is 11.1. The van der Waals surface area contributed by atoms with Crippen LogP contribution >= 0.6 is 0 Å². The molecule has 1 aromatic rings. The molecule has 0 saturated heterocycles. The number of halogens is 3. The molecule has 0 aliphatic rings. The van der Waals surface area contributed by atoms with Gasteiger partial charge < -0.3 is 5.73 Å². The van der Waals surface area contributed by atoms with Crippen LogP contribution in [-0.2, 0) is 11.0 Å². The zero-order valence-corrected chi connectivity index (χ0v) is 10.8. The first kappa shape index (κ1) is 15.5. The van der Waals surface area contributed by atoms with Gasteiger partial charge in [-0.15, -0.1) is 0 Å². The molecule has 1 amide bonds. The summed E-state index contributed by atoms with van der Waals surface area (Å²) in [5.74, 6) is -0.471. The number of amides is 1. The summed E-state index contributed by atoms with van der Waals surface area (Å²) in [6.45, 7) is 3.58. The maximum Gasteiger partial charge on any atom is 0.416 e. The second kappa shape index (κ2) is 6.06. The van der Waals surface area contributed by atoms with Gasteiger partial charge in [0.2, 0.25) is 5.91 Å². The lowest BCUT2D eigenvalue weighted by atomic mass is 10.0. The molecule has 0 fully saturated rings. The number of carbonyl (C=O) groups excluding carboxylic acids is 1. The molecule has 0 aliphatic heterocycles. The highest BCUT2D eigenvalue weighted by Gasteiger charge is 2.30. The second-order valence-corrected chi connectivity index (χ2v) is 4.37. The lowest BCUT2D eigenvalue weighted by Gasteiger charge is -2.20. The molecule has 6 heteroatoms. The van der Waals surface area contributed by atoms with E-state index in [1.165, 1.54) is 12.1 Å². The number of rotatable bonds is 5. The lowest BCUT2D eigenvalue weighted by Crippen LogP contribution is -2.41. The predicted molar refractivity (Wildman–Crippen MR) is 66.3 cm³/mol. The van der Waals surface area contributed by atoms with Gasteiger partial charge in [0.15, 0.2) is 0 Å². The number of hydrogen-bond acceptors (Lipinski definition) is 2. The molecule has 0 heterocycles. The van der Waals surface area contributed by atoms with Crippen molar-refractivity contribution in [3.8, 4) is 0 Å². The smallest absolute Gasteiger partial charge is 0.368 e. The topological polar surface area (TPSA) is 55.1 Å². The van der Waals surface area contributed by atoms with Crippen LogP contribution in [0, 0.1) is 0 Å². The third-order valence-corrected chi connectivity index (χ3v) is 2.94. The zero-order valence-electron chi connectivity index (χ0n) is 10.8. The summed E-state index contributed by atoms with van der Waals surface area (Å²) >= 11 is 0. The number of alkyl halides is 3. The fraction of sp³-hybridized carbons (Fsp3) is 0.462. The fourth-order valence-electron chi connectivity index (χ4n) is 1.76.